The zero-order valence-electron chi connectivity index (χ0n) is 18.8. The number of nitrogens with zero attached hydrogens (tertiary/aromatic N) is 3. The van der Waals surface area contributed by atoms with Gasteiger partial charge in [0.25, 0.3) is 0 Å². The summed E-state index contributed by atoms with van der Waals surface area (Å²) < 4.78 is 12.2. The van der Waals surface area contributed by atoms with Crippen LogP contribution in [0.1, 0.15) is 51.8 Å². The lowest BCUT2D eigenvalue weighted by atomic mass is 9.63. The van der Waals surface area contributed by atoms with Crippen molar-refractivity contribution < 1.29 is 4.57 Å². The van der Waals surface area contributed by atoms with E-state index in [4.69, 9.17) is 0 Å². The summed E-state index contributed by atoms with van der Waals surface area (Å²) in [5, 5.41) is 7.79. The first-order chi connectivity index (χ1) is 14.1. The Morgan fingerprint density at radius 2 is 1.57 bits per heavy atom. The second-order valence-corrected chi connectivity index (χ2v) is 13.4. The summed E-state index contributed by atoms with van der Waals surface area (Å²) in [6.45, 7) is 10.2. The molecule has 0 saturated heterocycles. The van der Waals surface area contributed by atoms with Crippen LogP contribution in [0.15, 0.2) is 24.3 Å². The first-order valence-corrected chi connectivity index (χ1v) is 13.6. The topological polar surface area (TPSA) is 79.8 Å². The molecule has 30 heavy (non-hydrogen) atoms. The Hall–Kier alpha value is -1.94. The molecule has 0 radical (unpaired) electrons. The van der Waals surface area contributed by atoms with E-state index in [2.05, 4.69) is 39.4 Å². The molecule has 2 bridgehead atoms. The Balaban J connectivity index is 1.49. The van der Waals surface area contributed by atoms with Crippen molar-refractivity contribution in [1.29, 1.82) is 0 Å². The Kier molecular flexibility index (Phi) is 5.65. The molecule has 1 aromatic heterocycles. The summed E-state index contributed by atoms with van der Waals surface area (Å²) in [4.78, 5) is 13.7. The third-order valence-corrected chi connectivity index (χ3v) is 8.06. The van der Waals surface area contributed by atoms with Crippen LogP contribution in [0.4, 0.5) is 17.6 Å². The number of fused-ring (bicyclic) bond motifs is 2. The molecule has 2 N–H and O–H groups in total. The van der Waals surface area contributed by atoms with E-state index in [-0.39, 0.29) is 5.54 Å². The van der Waals surface area contributed by atoms with Gasteiger partial charge in [-0.15, -0.1) is 0 Å². The fourth-order valence-corrected chi connectivity index (χ4v) is 6.45. The maximum absolute atomic E-state index is 12.2. The number of nitrogens with one attached hydrogen (secondary N) is 2. The van der Waals surface area contributed by atoms with Crippen LogP contribution in [0, 0.1) is 24.7 Å². The lowest BCUT2D eigenvalue weighted by molar-refractivity contribution is 0.102. The minimum absolute atomic E-state index is 0.0316. The summed E-state index contributed by atoms with van der Waals surface area (Å²) in [6, 6.07) is 7.65. The van der Waals surface area contributed by atoms with Gasteiger partial charge in [-0.05, 0) is 101 Å². The van der Waals surface area contributed by atoms with Gasteiger partial charge < -0.3 is 15.2 Å². The van der Waals surface area contributed by atoms with Crippen molar-refractivity contribution in [2.45, 2.75) is 58.4 Å². The number of hydrogen-bond acceptors (Lipinski definition) is 6. The quantitative estimate of drug-likeness (QED) is 0.640. The fraction of sp³-hybridized carbons (Fsp3) is 0.609. The maximum atomic E-state index is 12.2. The molecule has 2 aliphatic rings. The van der Waals surface area contributed by atoms with E-state index in [1.165, 1.54) is 32.1 Å². The lowest BCUT2D eigenvalue weighted by Gasteiger charge is -2.47. The summed E-state index contributed by atoms with van der Waals surface area (Å²) in [7, 11) is -2.26. The van der Waals surface area contributed by atoms with E-state index in [1.807, 2.05) is 31.2 Å². The molecule has 2 aliphatic carbocycles. The molecule has 1 aromatic carbocycles. The third kappa shape index (κ3) is 5.03. The molecule has 6 nitrogen and oxygen atoms in total. The van der Waals surface area contributed by atoms with Crippen LogP contribution >= 0.6 is 7.14 Å². The predicted molar refractivity (Wildman–Crippen MR) is 125 cm³/mol. The minimum Gasteiger partial charge on any atom is -0.349 e. The van der Waals surface area contributed by atoms with Gasteiger partial charge in [0.1, 0.15) is 13.0 Å². The molecule has 1 heterocycles. The van der Waals surface area contributed by atoms with Crippen LogP contribution < -0.4 is 15.9 Å². The smallest absolute Gasteiger partial charge is 0.232 e. The van der Waals surface area contributed by atoms with Crippen LogP contribution in [0.25, 0.3) is 0 Å². The van der Waals surface area contributed by atoms with Crippen molar-refractivity contribution in [3.8, 4) is 0 Å². The van der Waals surface area contributed by atoms with Crippen molar-refractivity contribution in [1.82, 2.24) is 15.0 Å². The van der Waals surface area contributed by atoms with E-state index >= 15 is 0 Å². The number of hydrogen-bond donors (Lipinski definition) is 2. The van der Waals surface area contributed by atoms with Gasteiger partial charge in [-0.3, -0.25) is 0 Å². The number of aryl methyl sites for hydroxylation is 1. The van der Waals surface area contributed by atoms with Crippen molar-refractivity contribution in [3.05, 3.63) is 30.1 Å². The monoisotopic (exact) mass is 427 g/mol. The SMILES string of the molecule is Cc1nc(Nc2ccc(P(C)(C)=O)cc2)nc(NC2(C)CC3CC(C)CC(C3)C2)n1. The highest BCUT2D eigenvalue weighted by Crippen LogP contribution is 2.47. The minimum atomic E-state index is -2.26. The van der Waals surface area contributed by atoms with Crippen molar-refractivity contribution in [3.63, 3.8) is 0 Å². The van der Waals surface area contributed by atoms with E-state index < -0.39 is 7.14 Å². The highest BCUT2D eigenvalue weighted by Gasteiger charge is 2.41. The highest BCUT2D eigenvalue weighted by atomic mass is 31.2. The third-order valence-electron chi connectivity index (χ3n) is 6.52. The second kappa shape index (κ2) is 7.96. The van der Waals surface area contributed by atoms with E-state index in [9.17, 15) is 4.57 Å². The van der Waals surface area contributed by atoms with Gasteiger partial charge in [-0.2, -0.15) is 15.0 Å². The van der Waals surface area contributed by atoms with Crippen LogP contribution in [-0.2, 0) is 4.57 Å². The van der Waals surface area contributed by atoms with Gasteiger partial charge in [0.05, 0.1) is 0 Å². The zero-order valence-corrected chi connectivity index (χ0v) is 19.7. The van der Waals surface area contributed by atoms with Gasteiger partial charge in [0.2, 0.25) is 11.9 Å². The molecule has 2 fully saturated rings. The van der Waals surface area contributed by atoms with E-state index in [0.717, 1.165) is 28.7 Å². The van der Waals surface area contributed by atoms with Crippen LogP contribution in [0.5, 0.6) is 0 Å². The van der Waals surface area contributed by atoms with Gasteiger partial charge in [-0.1, -0.05) is 6.92 Å². The molecule has 162 valence electrons. The van der Waals surface area contributed by atoms with Crippen LogP contribution in [0.2, 0.25) is 0 Å². The number of anilines is 3. The van der Waals surface area contributed by atoms with Crippen LogP contribution in [-0.4, -0.2) is 33.8 Å². The molecule has 0 amide bonds. The molecule has 2 atom stereocenters. The van der Waals surface area contributed by atoms with E-state index in [1.54, 1.807) is 13.3 Å². The number of benzene rings is 1. The largest absolute Gasteiger partial charge is 0.349 e. The zero-order chi connectivity index (χ0) is 21.5. The Labute approximate surface area is 180 Å². The van der Waals surface area contributed by atoms with Crippen molar-refractivity contribution >= 4 is 30.0 Å². The average Bonchev–Trinajstić information content (AvgIpc) is 2.59. The summed E-state index contributed by atoms with van der Waals surface area (Å²) in [5.74, 6) is 4.32. The first kappa shape index (κ1) is 21.3. The number of aromatic nitrogens is 3. The molecular weight excluding hydrogens is 393 g/mol. The van der Waals surface area contributed by atoms with E-state index in [0.29, 0.717) is 17.7 Å². The molecular formula is C23H34N5OP. The van der Waals surface area contributed by atoms with Gasteiger partial charge in [0, 0.05) is 16.5 Å². The standard InChI is InChI=1S/C23H34N5OP/c1-15-10-17-12-18(11-15)14-23(3,13-17)28-22-25-16(2)24-21(27-22)26-19-6-8-20(9-7-19)30(4,5)29/h6-9,15,17-18H,10-14H2,1-5H3,(H2,24,25,26,27,28). The Morgan fingerprint density at radius 3 is 2.17 bits per heavy atom. The molecule has 2 unspecified atom stereocenters. The summed E-state index contributed by atoms with van der Waals surface area (Å²) >= 11 is 0. The normalized spacial score (nSPS) is 28.8. The molecule has 0 aliphatic heterocycles. The fourth-order valence-electron chi connectivity index (χ4n) is 5.59. The summed E-state index contributed by atoms with van der Waals surface area (Å²) in [6.07, 6.45) is 6.42. The Bertz CT molecular complexity index is 937. The van der Waals surface area contributed by atoms with Gasteiger partial charge in [-0.25, -0.2) is 0 Å². The molecule has 4 rings (SSSR count). The molecule has 2 saturated carbocycles. The predicted octanol–water partition coefficient (Wildman–Crippen LogP) is 5.19. The lowest BCUT2D eigenvalue weighted by Crippen LogP contribution is -2.46. The second-order valence-electron chi connectivity index (χ2n) is 10.2. The van der Waals surface area contributed by atoms with Crippen molar-refractivity contribution in [2.75, 3.05) is 24.0 Å². The van der Waals surface area contributed by atoms with Crippen LogP contribution in [0.3, 0.4) is 0 Å². The average molecular weight is 428 g/mol. The van der Waals surface area contributed by atoms with Gasteiger partial charge >= 0.3 is 0 Å². The molecule has 0 spiro atoms. The highest BCUT2D eigenvalue weighted by molar-refractivity contribution is 7.70. The Morgan fingerprint density at radius 1 is 0.967 bits per heavy atom. The number of rotatable bonds is 5. The molecule has 2 aromatic rings. The van der Waals surface area contributed by atoms with Gasteiger partial charge in [0.15, 0.2) is 0 Å². The van der Waals surface area contributed by atoms with Crippen molar-refractivity contribution in [2.24, 2.45) is 17.8 Å². The first-order valence-electron chi connectivity index (χ1n) is 11.0. The molecule has 7 heteroatoms. The maximum Gasteiger partial charge on any atom is 0.232 e. The summed E-state index contributed by atoms with van der Waals surface area (Å²) in [5.41, 5.74) is 0.903.